The zero-order valence-electron chi connectivity index (χ0n) is 11.5. The molecule has 2 saturated heterocycles. The first-order valence-electron chi connectivity index (χ1n) is 7.26. The predicted molar refractivity (Wildman–Crippen MR) is 87.1 cm³/mol. The number of amides is 1. The zero-order valence-corrected chi connectivity index (χ0v) is 13.7. The topological polar surface area (TPSA) is 58.4 Å². The summed E-state index contributed by atoms with van der Waals surface area (Å²) in [4.78, 5) is 19.0. The molecular weight excluding hydrogens is 381 g/mol. The third-order valence-corrected chi connectivity index (χ3v) is 4.94. The maximum atomic E-state index is 12.4. The highest BCUT2D eigenvalue weighted by molar-refractivity contribution is 14.1. The van der Waals surface area contributed by atoms with Crippen LogP contribution in [0.25, 0.3) is 11.0 Å². The van der Waals surface area contributed by atoms with E-state index in [4.69, 9.17) is 4.42 Å². The average Bonchev–Trinajstić information content (AvgIpc) is 2.99. The van der Waals surface area contributed by atoms with Crippen LogP contribution in [-0.4, -0.2) is 41.5 Å². The molecule has 1 amide bonds. The summed E-state index contributed by atoms with van der Waals surface area (Å²) in [6.45, 7) is 3.34. The number of rotatable bonds is 2. The number of hydrogen-bond donors (Lipinski definition) is 1. The number of aromatic nitrogens is 1. The van der Waals surface area contributed by atoms with Gasteiger partial charge in [-0.1, -0.05) is 0 Å². The number of nitrogens with one attached hydrogen (secondary N) is 1. The highest BCUT2D eigenvalue weighted by atomic mass is 127. The Labute approximate surface area is 136 Å². The number of nitrogens with zero attached hydrogens (tertiary/aromatic N) is 2. The van der Waals surface area contributed by atoms with E-state index in [9.17, 15) is 4.79 Å². The molecule has 0 aromatic carbocycles. The van der Waals surface area contributed by atoms with E-state index in [1.165, 1.54) is 19.5 Å². The summed E-state index contributed by atoms with van der Waals surface area (Å²) in [6.07, 6.45) is 3.98. The zero-order chi connectivity index (χ0) is 14.4. The fourth-order valence-electron chi connectivity index (χ4n) is 3.46. The third kappa shape index (κ3) is 2.66. The number of furan rings is 1. The normalized spacial score (nSPS) is 28.0. The summed E-state index contributed by atoms with van der Waals surface area (Å²) in [5.41, 5.74) is 1.19. The molecule has 0 radical (unpaired) electrons. The Balaban J connectivity index is 1.50. The lowest BCUT2D eigenvalue weighted by atomic mass is 9.97. The maximum absolute atomic E-state index is 12.4. The van der Waals surface area contributed by atoms with Gasteiger partial charge in [0.15, 0.2) is 9.35 Å². The molecule has 4 heterocycles. The molecule has 1 N–H and O–H groups in total. The standard InChI is InChI=1S/C15H16IN3O2/c16-14-5-10-4-12(17-6-13(10)21-14)15(20)18-11-3-9-1-2-19(7-9)8-11/h4-6,9,11H,1-3,7-8H2,(H,18,20)/t9-,11-/m1/s1. The van der Waals surface area contributed by atoms with Crippen LogP contribution >= 0.6 is 22.6 Å². The number of pyridine rings is 1. The molecule has 2 fully saturated rings. The van der Waals surface area contributed by atoms with Gasteiger partial charge in [0.05, 0.1) is 6.20 Å². The smallest absolute Gasteiger partial charge is 0.270 e. The Morgan fingerprint density at radius 2 is 2.33 bits per heavy atom. The number of hydrogen-bond acceptors (Lipinski definition) is 4. The van der Waals surface area contributed by atoms with Gasteiger partial charge in [-0.15, -0.1) is 0 Å². The molecule has 5 nitrogen and oxygen atoms in total. The molecule has 2 aliphatic heterocycles. The Hall–Kier alpha value is -1.15. The summed E-state index contributed by atoms with van der Waals surface area (Å²) in [6, 6.07) is 3.97. The number of piperidine rings is 1. The van der Waals surface area contributed by atoms with Crippen molar-refractivity contribution in [2.45, 2.75) is 18.9 Å². The largest absolute Gasteiger partial charge is 0.449 e. The first kappa shape index (κ1) is 13.5. The fraction of sp³-hybridized carbons (Fsp3) is 0.467. The van der Waals surface area contributed by atoms with Crippen LogP contribution in [-0.2, 0) is 0 Å². The van der Waals surface area contributed by atoms with E-state index >= 15 is 0 Å². The van der Waals surface area contributed by atoms with Crippen molar-refractivity contribution in [1.29, 1.82) is 0 Å². The lowest BCUT2D eigenvalue weighted by molar-refractivity contribution is 0.0904. The van der Waals surface area contributed by atoms with E-state index in [1.54, 1.807) is 12.3 Å². The Morgan fingerprint density at radius 3 is 3.19 bits per heavy atom. The number of halogens is 1. The number of fused-ring (bicyclic) bond motifs is 3. The Kier molecular flexibility index (Phi) is 3.37. The SMILES string of the molecule is O=C(N[C@@H]1C[C@H]2CCN(C2)C1)c1cc2cc(I)oc2cn1. The van der Waals surface area contributed by atoms with Crippen molar-refractivity contribution >= 4 is 39.5 Å². The molecule has 0 saturated carbocycles. The maximum Gasteiger partial charge on any atom is 0.270 e. The van der Waals surface area contributed by atoms with Crippen molar-refractivity contribution in [2.75, 3.05) is 19.6 Å². The number of carbonyl (C=O) groups is 1. The van der Waals surface area contributed by atoms with Crippen LogP contribution in [0.5, 0.6) is 0 Å². The molecule has 6 heteroatoms. The van der Waals surface area contributed by atoms with Crippen LogP contribution in [0.4, 0.5) is 0 Å². The minimum Gasteiger partial charge on any atom is -0.449 e. The van der Waals surface area contributed by atoms with Crippen molar-refractivity contribution in [1.82, 2.24) is 15.2 Å². The van der Waals surface area contributed by atoms with Crippen LogP contribution < -0.4 is 5.32 Å². The summed E-state index contributed by atoms with van der Waals surface area (Å²) >= 11 is 2.12. The van der Waals surface area contributed by atoms with Crippen molar-refractivity contribution < 1.29 is 9.21 Å². The number of carbonyl (C=O) groups excluding carboxylic acids is 1. The highest BCUT2D eigenvalue weighted by Gasteiger charge is 2.33. The predicted octanol–water partition coefficient (Wildman–Crippen LogP) is 2.26. The molecule has 2 aromatic rings. The van der Waals surface area contributed by atoms with Gasteiger partial charge in [0.1, 0.15) is 5.69 Å². The van der Waals surface area contributed by atoms with Crippen molar-refractivity contribution in [3.63, 3.8) is 0 Å². The minimum atomic E-state index is -0.0828. The van der Waals surface area contributed by atoms with E-state index < -0.39 is 0 Å². The van der Waals surface area contributed by atoms with Gasteiger partial charge >= 0.3 is 0 Å². The van der Waals surface area contributed by atoms with Gasteiger partial charge in [-0.2, -0.15) is 0 Å². The quantitative estimate of drug-likeness (QED) is 0.791. The van der Waals surface area contributed by atoms with Gasteiger partial charge < -0.3 is 14.6 Å². The van der Waals surface area contributed by atoms with E-state index in [2.05, 4.69) is 37.8 Å². The molecule has 110 valence electrons. The van der Waals surface area contributed by atoms with Crippen molar-refractivity contribution in [3.05, 3.63) is 27.8 Å². The molecule has 3 atom stereocenters. The summed E-state index contributed by atoms with van der Waals surface area (Å²) in [5.74, 6) is 0.663. The Bertz CT molecular complexity index is 687. The summed E-state index contributed by atoms with van der Waals surface area (Å²) < 4.78 is 6.28. The van der Waals surface area contributed by atoms with Crippen molar-refractivity contribution in [3.8, 4) is 0 Å². The van der Waals surface area contributed by atoms with E-state index in [1.807, 2.05) is 6.07 Å². The van der Waals surface area contributed by atoms with Crippen LogP contribution in [0.2, 0.25) is 0 Å². The van der Waals surface area contributed by atoms with Gasteiger partial charge in [-0.05, 0) is 60.0 Å². The van der Waals surface area contributed by atoms with Crippen LogP contribution in [0.15, 0.2) is 22.7 Å². The van der Waals surface area contributed by atoms with E-state index in [-0.39, 0.29) is 11.9 Å². The van der Waals surface area contributed by atoms with Gasteiger partial charge in [-0.25, -0.2) is 4.98 Å². The molecule has 0 aliphatic carbocycles. The van der Waals surface area contributed by atoms with Gasteiger partial charge in [0, 0.05) is 24.5 Å². The van der Waals surface area contributed by atoms with Gasteiger partial charge in [0.2, 0.25) is 0 Å². The molecule has 1 unspecified atom stereocenters. The van der Waals surface area contributed by atoms with Crippen LogP contribution in [0.1, 0.15) is 23.3 Å². The lowest BCUT2D eigenvalue weighted by Crippen LogP contribution is -2.47. The molecule has 2 bridgehead atoms. The first-order chi connectivity index (χ1) is 10.2. The van der Waals surface area contributed by atoms with Crippen LogP contribution in [0.3, 0.4) is 0 Å². The van der Waals surface area contributed by atoms with Gasteiger partial charge in [0.25, 0.3) is 5.91 Å². The van der Waals surface area contributed by atoms with E-state index in [0.29, 0.717) is 5.69 Å². The average molecular weight is 397 g/mol. The second-order valence-electron chi connectivity index (χ2n) is 5.98. The third-order valence-electron chi connectivity index (χ3n) is 4.41. The second-order valence-corrected chi connectivity index (χ2v) is 7.04. The monoisotopic (exact) mass is 397 g/mol. The fourth-order valence-corrected chi connectivity index (χ4v) is 4.03. The van der Waals surface area contributed by atoms with Crippen molar-refractivity contribution in [2.24, 2.45) is 5.92 Å². The van der Waals surface area contributed by atoms with E-state index in [0.717, 1.165) is 33.6 Å². The molecule has 21 heavy (non-hydrogen) atoms. The minimum absolute atomic E-state index is 0.0828. The molecule has 4 rings (SSSR count). The molecule has 2 aliphatic rings. The first-order valence-corrected chi connectivity index (χ1v) is 8.33. The highest BCUT2D eigenvalue weighted by Crippen LogP contribution is 2.27. The summed E-state index contributed by atoms with van der Waals surface area (Å²) in [7, 11) is 0. The van der Waals surface area contributed by atoms with Gasteiger partial charge in [-0.3, -0.25) is 4.79 Å². The molecule has 0 spiro atoms. The summed E-state index contributed by atoms with van der Waals surface area (Å²) in [5, 5.41) is 4.06. The lowest BCUT2D eigenvalue weighted by Gasteiger charge is -2.30. The van der Waals surface area contributed by atoms with Crippen LogP contribution in [0, 0.1) is 9.68 Å². The molecular formula is C15H16IN3O2. The molecule has 2 aromatic heterocycles. The Morgan fingerprint density at radius 1 is 1.43 bits per heavy atom. The second kappa shape index (κ2) is 5.24.